The number of nitrogens with zero attached hydrogens (tertiary/aromatic N) is 3. The first-order valence-corrected chi connectivity index (χ1v) is 10.6. The van der Waals surface area contributed by atoms with Crippen molar-refractivity contribution in [3.63, 3.8) is 0 Å². The van der Waals surface area contributed by atoms with Crippen molar-refractivity contribution in [3.8, 4) is 5.75 Å². The third-order valence-corrected chi connectivity index (χ3v) is 4.69. The van der Waals surface area contributed by atoms with Crippen LogP contribution in [0.1, 0.15) is 41.9 Å². The number of nitrogens with one attached hydrogen (secondary N) is 2. The summed E-state index contributed by atoms with van der Waals surface area (Å²) in [6, 6.07) is 12.8. The monoisotopic (exact) mass is 437 g/mol. The number of benzene rings is 2. The van der Waals surface area contributed by atoms with Crippen molar-refractivity contribution in [3.05, 3.63) is 77.4 Å². The lowest BCUT2D eigenvalue weighted by molar-refractivity contribution is 0.0977. The van der Waals surface area contributed by atoms with E-state index in [0.29, 0.717) is 30.2 Å². The predicted molar refractivity (Wildman–Crippen MR) is 123 cm³/mol. The molecule has 32 heavy (non-hydrogen) atoms. The normalized spacial score (nSPS) is 11.3. The van der Waals surface area contributed by atoms with Crippen LogP contribution in [0, 0.1) is 12.7 Å². The Kier molecular flexibility index (Phi) is 7.96. The van der Waals surface area contributed by atoms with Crippen LogP contribution < -0.4 is 15.4 Å². The fraction of sp³-hybridized carbons (Fsp3) is 0.292. The summed E-state index contributed by atoms with van der Waals surface area (Å²) in [6.45, 7) is 7.60. The van der Waals surface area contributed by atoms with Gasteiger partial charge in [0.25, 0.3) is 5.91 Å². The molecular formula is C24H28FN5O2. The largest absolute Gasteiger partial charge is 0.492 e. The smallest absolute Gasteiger partial charge is 0.257 e. The molecule has 0 saturated carbocycles. The average molecular weight is 438 g/mol. The number of hydrogen-bond acceptors (Lipinski definition) is 4. The van der Waals surface area contributed by atoms with E-state index < -0.39 is 11.7 Å². The van der Waals surface area contributed by atoms with E-state index in [4.69, 9.17) is 4.74 Å². The first-order valence-electron chi connectivity index (χ1n) is 10.6. The molecule has 2 aromatic carbocycles. The van der Waals surface area contributed by atoms with E-state index >= 15 is 0 Å². The van der Waals surface area contributed by atoms with E-state index in [1.165, 1.54) is 24.3 Å². The Morgan fingerprint density at radius 3 is 2.62 bits per heavy atom. The maximum atomic E-state index is 13.2. The minimum atomic E-state index is -0.404. The summed E-state index contributed by atoms with van der Waals surface area (Å²) < 4.78 is 20.8. The zero-order chi connectivity index (χ0) is 22.9. The number of aliphatic imine (C=N–C) groups is 1. The van der Waals surface area contributed by atoms with Crippen molar-refractivity contribution < 1.29 is 13.9 Å². The van der Waals surface area contributed by atoms with Crippen LogP contribution in [0.25, 0.3) is 0 Å². The topological polar surface area (TPSA) is 80.5 Å². The van der Waals surface area contributed by atoms with Gasteiger partial charge in [0.2, 0.25) is 5.96 Å². The van der Waals surface area contributed by atoms with Crippen molar-refractivity contribution in [2.75, 3.05) is 11.9 Å². The second-order valence-electron chi connectivity index (χ2n) is 7.18. The van der Waals surface area contributed by atoms with Crippen LogP contribution in [-0.2, 0) is 13.1 Å². The molecule has 1 amide bonds. The van der Waals surface area contributed by atoms with E-state index in [9.17, 15) is 9.18 Å². The zero-order valence-corrected chi connectivity index (χ0v) is 18.6. The first kappa shape index (κ1) is 23.0. The number of hydrogen-bond donors (Lipinski definition) is 2. The quantitative estimate of drug-likeness (QED) is 0.401. The Morgan fingerprint density at radius 2 is 1.91 bits per heavy atom. The average Bonchev–Trinajstić information content (AvgIpc) is 3.13. The Morgan fingerprint density at radius 1 is 1.16 bits per heavy atom. The predicted octanol–water partition coefficient (Wildman–Crippen LogP) is 4.54. The summed E-state index contributed by atoms with van der Waals surface area (Å²) >= 11 is 0. The lowest BCUT2D eigenvalue weighted by Crippen LogP contribution is -2.36. The van der Waals surface area contributed by atoms with Crippen molar-refractivity contribution >= 4 is 17.6 Å². The van der Waals surface area contributed by atoms with E-state index in [1.54, 1.807) is 0 Å². The summed E-state index contributed by atoms with van der Waals surface area (Å²) in [4.78, 5) is 17.3. The third-order valence-electron chi connectivity index (χ3n) is 4.69. The maximum Gasteiger partial charge on any atom is 0.257 e. The molecule has 0 aliphatic heterocycles. The summed E-state index contributed by atoms with van der Waals surface area (Å²) in [5.74, 6) is 0.0992. The second kappa shape index (κ2) is 11.1. The molecule has 0 spiro atoms. The molecule has 168 valence electrons. The van der Waals surface area contributed by atoms with Gasteiger partial charge in [0.1, 0.15) is 11.6 Å². The van der Waals surface area contributed by atoms with Gasteiger partial charge in [-0.05, 0) is 56.7 Å². The standard InChI is InChI=1S/C24H28FN5O2/c1-4-14-30-16-19(17(3)29-30)15-26-24(27-21-8-6-7-9-22(21)32-5-2)28-23(31)18-10-12-20(25)13-11-18/h6-13,16H,4-5,14-15H2,1-3H3,(H2,26,27,28,31). The molecule has 0 bridgehead atoms. The van der Waals surface area contributed by atoms with Crippen LogP contribution in [0.5, 0.6) is 5.75 Å². The van der Waals surface area contributed by atoms with Gasteiger partial charge in [-0.1, -0.05) is 19.1 Å². The van der Waals surface area contributed by atoms with Gasteiger partial charge in [-0.25, -0.2) is 9.38 Å². The van der Waals surface area contributed by atoms with Gasteiger partial charge < -0.3 is 10.1 Å². The molecule has 0 saturated heterocycles. The SMILES string of the molecule is CCCn1cc(CN=C(NC(=O)c2ccc(F)cc2)Nc2ccccc2OCC)c(C)n1. The molecule has 0 radical (unpaired) electrons. The van der Waals surface area contributed by atoms with Gasteiger partial charge in [-0.2, -0.15) is 5.10 Å². The Bertz CT molecular complexity index is 1080. The summed E-state index contributed by atoms with van der Waals surface area (Å²) in [6.07, 6.45) is 2.95. The zero-order valence-electron chi connectivity index (χ0n) is 18.6. The van der Waals surface area contributed by atoms with E-state index in [-0.39, 0.29) is 5.96 Å². The number of halogens is 1. The minimum absolute atomic E-state index is 0.258. The number of carbonyl (C=O) groups is 1. The van der Waals surface area contributed by atoms with Crippen LogP contribution in [0.2, 0.25) is 0 Å². The fourth-order valence-electron chi connectivity index (χ4n) is 3.09. The van der Waals surface area contributed by atoms with Crippen LogP contribution in [0.3, 0.4) is 0 Å². The summed E-state index contributed by atoms with van der Waals surface area (Å²) in [7, 11) is 0. The Balaban J connectivity index is 1.85. The molecule has 7 nitrogen and oxygen atoms in total. The van der Waals surface area contributed by atoms with Crippen LogP contribution in [0.4, 0.5) is 10.1 Å². The minimum Gasteiger partial charge on any atom is -0.492 e. The lowest BCUT2D eigenvalue weighted by Gasteiger charge is -2.15. The van der Waals surface area contributed by atoms with Gasteiger partial charge in [0.05, 0.1) is 24.5 Å². The first-order chi connectivity index (χ1) is 15.5. The van der Waals surface area contributed by atoms with Gasteiger partial charge in [-0.15, -0.1) is 0 Å². The Labute approximate surface area is 187 Å². The summed E-state index contributed by atoms with van der Waals surface area (Å²) in [5.41, 5.74) is 2.85. The number of guanidine groups is 1. The molecule has 0 unspecified atom stereocenters. The third kappa shape index (κ3) is 6.16. The van der Waals surface area contributed by atoms with Gasteiger partial charge in [0, 0.05) is 23.9 Å². The number of aryl methyl sites for hydroxylation is 2. The molecule has 0 fully saturated rings. The Hall–Kier alpha value is -3.68. The highest BCUT2D eigenvalue weighted by molar-refractivity contribution is 6.10. The molecule has 2 N–H and O–H groups in total. The molecule has 0 aliphatic carbocycles. The van der Waals surface area contributed by atoms with Crippen molar-refractivity contribution in [1.29, 1.82) is 0 Å². The number of carbonyl (C=O) groups excluding carboxylic acids is 1. The molecule has 8 heteroatoms. The second-order valence-corrected chi connectivity index (χ2v) is 7.18. The maximum absolute atomic E-state index is 13.2. The molecule has 3 aromatic rings. The number of ether oxygens (including phenoxy) is 1. The fourth-order valence-corrected chi connectivity index (χ4v) is 3.09. The number of amides is 1. The molecule has 3 rings (SSSR count). The van der Waals surface area contributed by atoms with Crippen molar-refractivity contribution in [2.45, 2.75) is 40.3 Å². The summed E-state index contributed by atoms with van der Waals surface area (Å²) in [5, 5.41) is 10.4. The number of anilines is 1. The molecule has 1 heterocycles. The van der Waals surface area contributed by atoms with E-state index in [1.807, 2.05) is 49.0 Å². The number of rotatable bonds is 8. The highest BCUT2D eigenvalue weighted by Crippen LogP contribution is 2.23. The van der Waals surface area contributed by atoms with Crippen molar-refractivity contribution in [2.24, 2.45) is 4.99 Å². The highest BCUT2D eigenvalue weighted by atomic mass is 19.1. The molecular weight excluding hydrogens is 409 g/mol. The van der Waals surface area contributed by atoms with Gasteiger partial charge >= 0.3 is 0 Å². The molecule has 0 atom stereocenters. The van der Waals surface area contributed by atoms with Crippen LogP contribution in [0.15, 0.2) is 59.7 Å². The number of para-hydroxylation sites is 2. The number of aromatic nitrogens is 2. The van der Waals surface area contributed by atoms with E-state index in [0.717, 1.165) is 24.2 Å². The molecule has 1 aromatic heterocycles. The van der Waals surface area contributed by atoms with Crippen LogP contribution >= 0.6 is 0 Å². The highest BCUT2D eigenvalue weighted by Gasteiger charge is 2.13. The van der Waals surface area contributed by atoms with Crippen LogP contribution in [-0.4, -0.2) is 28.3 Å². The van der Waals surface area contributed by atoms with Crippen molar-refractivity contribution in [1.82, 2.24) is 15.1 Å². The lowest BCUT2D eigenvalue weighted by atomic mass is 10.2. The van der Waals surface area contributed by atoms with Gasteiger partial charge in [-0.3, -0.25) is 14.8 Å². The van der Waals surface area contributed by atoms with Gasteiger partial charge in [0.15, 0.2) is 0 Å². The van der Waals surface area contributed by atoms with E-state index in [2.05, 4.69) is 27.6 Å². The molecule has 0 aliphatic rings.